The summed E-state index contributed by atoms with van der Waals surface area (Å²) >= 11 is 0. The third-order valence-electron chi connectivity index (χ3n) is 4.73. The van der Waals surface area contributed by atoms with Crippen LogP contribution in [0.1, 0.15) is 31.4 Å². The lowest BCUT2D eigenvalue weighted by Gasteiger charge is -2.31. The highest BCUT2D eigenvalue weighted by atomic mass is 16.3. The van der Waals surface area contributed by atoms with E-state index < -0.39 is 0 Å². The first-order valence-electron chi connectivity index (χ1n) is 8.32. The van der Waals surface area contributed by atoms with Crippen molar-refractivity contribution in [2.75, 3.05) is 18.9 Å². The molecule has 2 amide bonds. The maximum Gasteiger partial charge on any atom is 0.321 e. The molecule has 3 rings (SSSR count). The Morgan fingerprint density at radius 1 is 1.35 bits per heavy atom. The minimum atomic E-state index is -0.279. The molecule has 1 aliphatic carbocycles. The third kappa shape index (κ3) is 3.67. The van der Waals surface area contributed by atoms with Gasteiger partial charge in [-0.15, -0.1) is 0 Å². The van der Waals surface area contributed by atoms with Crippen LogP contribution in [0, 0.1) is 12.8 Å². The van der Waals surface area contributed by atoms with Crippen LogP contribution in [0.5, 0.6) is 0 Å². The predicted octanol–water partition coefficient (Wildman–Crippen LogP) is 3.49. The van der Waals surface area contributed by atoms with E-state index in [9.17, 15) is 9.90 Å². The van der Waals surface area contributed by atoms with Gasteiger partial charge in [-0.25, -0.2) is 4.79 Å². The van der Waals surface area contributed by atoms with Gasteiger partial charge < -0.3 is 20.3 Å². The number of hydrogen-bond donors (Lipinski definition) is 3. The monoisotopic (exact) mass is 315 g/mol. The Morgan fingerprint density at radius 3 is 2.91 bits per heavy atom. The number of aliphatic hydroxyl groups excluding tert-OH is 1. The summed E-state index contributed by atoms with van der Waals surface area (Å²) < 4.78 is 0. The Hall–Kier alpha value is -2.01. The van der Waals surface area contributed by atoms with Gasteiger partial charge in [0.05, 0.1) is 6.10 Å². The fourth-order valence-electron chi connectivity index (χ4n) is 3.41. The Morgan fingerprint density at radius 2 is 2.13 bits per heavy atom. The number of carbonyl (C=O) groups is 1. The summed E-state index contributed by atoms with van der Waals surface area (Å²) in [7, 11) is 1.79. The molecule has 1 aromatic heterocycles. The largest absolute Gasteiger partial charge is 0.393 e. The van der Waals surface area contributed by atoms with Gasteiger partial charge >= 0.3 is 6.03 Å². The van der Waals surface area contributed by atoms with Crippen LogP contribution in [-0.4, -0.2) is 40.7 Å². The highest BCUT2D eigenvalue weighted by molar-refractivity contribution is 5.92. The number of aryl methyl sites for hydroxylation is 1. The molecule has 2 unspecified atom stereocenters. The average Bonchev–Trinajstić information content (AvgIpc) is 2.88. The van der Waals surface area contributed by atoms with Crippen LogP contribution in [0.2, 0.25) is 0 Å². The molecule has 0 bridgehead atoms. The lowest BCUT2D eigenvalue weighted by Crippen LogP contribution is -2.40. The molecule has 2 aromatic rings. The SMILES string of the molecule is Cc1cc2cc(NC(=O)N(C)CC3CCCCC3O)ccc2[nH]1. The summed E-state index contributed by atoms with van der Waals surface area (Å²) in [6.07, 6.45) is 3.79. The van der Waals surface area contributed by atoms with Crippen molar-refractivity contribution < 1.29 is 9.90 Å². The topological polar surface area (TPSA) is 68.4 Å². The molecular formula is C18H25N3O2. The van der Waals surface area contributed by atoms with Gasteiger partial charge in [-0.3, -0.25) is 0 Å². The van der Waals surface area contributed by atoms with Crippen LogP contribution in [-0.2, 0) is 0 Å². The molecule has 124 valence electrons. The van der Waals surface area contributed by atoms with E-state index in [2.05, 4.69) is 16.4 Å². The van der Waals surface area contributed by atoms with Crippen molar-refractivity contribution in [1.82, 2.24) is 9.88 Å². The average molecular weight is 315 g/mol. The highest BCUT2D eigenvalue weighted by Crippen LogP contribution is 2.25. The van der Waals surface area contributed by atoms with Gasteiger partial charge in [0.1, 0.15) is 0 Å². The van der Waals surface area contributed by atoms with E-state index in [0.29, 0.717) is 6.54 Å². The van der Waals surface area contributed by atoms with Crippen molar-refractivity contribution in [3.63, 3.8) is 0 Å². The zero-order chi connectivity index (χ0) is 16.4. The number of fused-ring (bicyclic) bond motifs is 1. The van der Waals surface area contributed by atoms with E-state index in [1.165, 1.54) is 0 Å². The molecule has 0 aliphatic heterocycles. The Balaban J connectivity index is 1.62. The van der Waals surface area contributed by atoms with Gasteiger partial charge in [0.15, 0.2) is 0 Å². The third-order valence-corrected chi connectivity index (χ3v) is 4.73. The van der Waals surface area contributed by atoms with E-state index in [0.717, 1.165) is 48.0 Å². The molecule has 5 nitrogen and oxygen atoms in total. The molecule has 0 radical (unpaired) electrons. The minimum Gasteiger partial charge on any atom is -0.393 e. The molecule has 1 heterocycles. The van der Waals surface area contributed by atoms with Gasteiger partial charge in [-0.05, 0) is 44.0 Å². The number of benzene rings is 1. The fraction of sp³-hybridized carbons (Fsp3) is 0.500. The first-order valence-corrected chi connectivity index (χ1v) is 8.32. The second-order valence-corrected chi connectivity index (χ2v) is 6.68. The normalized spacial score (nSPS) is 21.3. The number of H-pyrrole nitrogens is 1. The summed E-state index contributed by atoms with van der Waals surface area (Å²) in [5.41, 5.74) is 2.96. The van der Waals surface area contributed by atoms with Crippen LogP contribution in [0.3, 0.4) is 0 Å². The number of aromatic nitrogens is 1. The molecule has 0 saturated heterocycles. The summed E-state index contributed by atoms with van der Waals surface area (Å²) in [6, 6.07) is 7.78. The quantitative estimate of drug-likeness (QED) is 0.811. The van der Waals surface area contributed by atoms with E-state index in [1.54, 1.807) is 11.9 Å². The van der Waals surface area contributed by atoms with Gasteiger partial charge in [-0.1, -0.05) is 12.8 Å². The number of aliphatic hydroxyl groups is 1. The first-order chi connectivity index (χ1) is 11.0. The standard InChI is InChI=1S/C18H25N3O2/c1-12-9-14-10-15(7-8-16(14)19-12)20-18(23)21(2)11-13-5-3-4-6-17(13)22/h7-10,13,17,19,22H,3-6,11H2,1-2H3,(H,20,23). The summed E-state index contributed by atoms with van der Waals surface area (Å²) in [6.45, 7) is 2.61. The molecule has 2 atom stereocenters. The molecule has 0 spiro atoms. The van der Waals surface area contributed by atoms with Gasteiger partial charge in [0.25, 0.3) is 0 Å². The second-order valence-electron chi connectivity index (χ2n) is 6.68. The zero-order valence-electron chi connectivity index (χ0n) is 13.8. The number of hydrogen-bond acceptors (Lipinski definition) is 2. The summed E-state index contributed by atoms with van der Waals surface area (Å²) in [5.74, 6) is 0.189. The lowest BCUT2D eigenvalue weighted by atomic mass is 9.86. The first kappa shape index (κ1) is 15.9. The number of urea groups is 1. The van der Waals surface area contributed by atoms with E-state index >= 15 is 0 Å². The molecule has 1 aliphatic rings. The highest BCUT2D eigenvalue weighted by Gasteiger charge is 2.25. The lowest BCUT2D eigenvalue weighted by molar-refractivity contribution is 0.0575. The van der Waals surface area contributed by atoms with Crippen LogP contribution in [0.25, 0.3) is 10.9 Å². The van der Waals surface area contributed by atoms with E-state index in [1.807, 2.05) is 25.1 Å². The predicted molar refractivity (Wildman–Crippen MR) is 92.6 cm³/mol. The van der Waals surface area contributed by atoms with Gasteiger partial charge in [0, 0.05) is 41.8 Å². The maximum atomic E-state index is 12.4. The number of nitrogens with zero attached hydrogens (tertiary/aromatic N) is 1. The van der Waals surface area contributed by atoms with Crippen molar-refractivity contribution >= 4 is 22.6 Å². The summed E-state index contributed by atoms with van der Waals surface area (Å²) in [5, 5.41) is 14.1. The fourth-order valence-corrected chi connectivity index (χ4v) is 3.41. The Kier molecular flexibility index (Phi) is 4.57. The number of anilines is 1. The van der Waals surface area contributed by atoms with Crippen LogP contribution in [0.4, 0.5) is 10.5 Å². The van der Waals surface area contributed by atoms with E-state index in [4.69, 9.17) is 0 Å². The van der Waals surface area contributed by atoms with Crippen LogP contribution in [0.15, 0.2) is 24.3 Å². The number of carbonyl (C=O) groups excluding carboxylic acids is 1. The second kappa shape index (κ2) is 6.62. The number of rotatable bonds is 3. The van der Waals surface area contributed by atoms with Crippen LogP contribution >= 0.6 is 0 Å². The van der Waals surface area contributed by atoms with Crippen LogP contribution < -0.4 is 5.32 Å². The van der Waals surface area contributed by atoms with Crippen molar-refractivity contribution in [2.24, 2.45) is 5.92 Å². The van der Waals surface area contributed by atoms with Gasteiger partial charge in [0.2, 0.25) is 0 Å². The van der Waals surface area contributed by atoms with E-state index in [-0.39, 0.29) is 18.1 Å². The van der Waals surface area contributed by atoms with Crippen molar-refractivity contribution in [3.05, 3.63) is 30.0 Å². The Labute approximate surface area is 136 Å². The Bertz CT molecular complexity index is 695. The molecule has 3 N–H and O–H groups in total. The smallest absolute Gasteiger partial charge is 0.321 e. The molecule has 1 aromatic carbocycles. The summed E-state index contributed by atoms with van der Waals surface area (Å²) in [4.78, 5) is 17.3. The van der Waals surface area contributed by atoms with Crippen molar-refractivity contribution in [3.8, 4) is 0 Å². The van der Waals surface area contributed by atoms with Crippen molar-refractivity contribution in [2.45, 2.75) is 38.7 Å². The number of nitrogens with one attached hydrogen (secondary N) is 2. The zero-order valence-corrected chi connectivity index (χ0v) is 13.8. The number of aromatic amines is 1. The molecule has 23 heavy (non-hydrogen) atoms. The molecule has 5 heteroatoms. The van der Waals surface area contributed by atoms with Crippen molar-refractivity contribution in [1.29, 1.82) is 0 Å². The molecule has 1 saturated carbocycles. The maximum absolute atomic E-state index is 12.4. The number of amides is 2. The molecule has 1 fully saturated rings. The molecular weight excluding hydrogens is 290 g/mol. The minimum absolute atomic E-state index is 0.130. The van der Waals surface area contributed by atoms with Gasteiger partial charge in [-0.2, -0.15) is 0 Å².